The molecule has 1 N–H and O–H groups in total. The Labute approximate surface area is 76.9 Å². The van der Waals surface area contributed by atoms with Gasteiger partial charge in [0.2, 0.25) is 0 Å². The van der Waals surface area contributed by atoms with Gasteiger partial charge in [0.15, 0.2) is 0 Å². The maximum absolute atomic E-state index is 3.56. The molecule has 1 fully saturated rings. The lowest BCUT2D eigenvalue weighted by atomic mass is 9.98. The summed E-state index contributed by atoms with van der Waals surface area (Å²) < 4.78 is 0. The monoisotopic (exact) mass is 169 g/mol. The van der Waals surface area contributed by atoms with E-state index in [-0.39, 0.29) is 0 Å². The van der Waals surface area contributed by atoms with E-state index in [9.17, 15) is 0 Å². The predicted molar refractivity (Wildman–Crippen MR) is 54.3 cm³/mol. The lowest BCUT2D eigenvalue weighted by molar-refractivity contribution is 0.432. The molecule has 1 nitrogen and oxygen atoms in total. The van der Waals surface area contributed by atoms with Crippen molar-refractivity contribution in [2.24, 2.45) is 5.92 Å². The van der Waals surface area contributed by atoms with Crippen LogP contribution in [0.3, 0.4) is 0 Å². The average Bonchev–Trinajstić information content (AvgIpc) is 2.89. The lowest BCUT2D eigenvalue weighted by Gasteiger charge is -2.11. The third-order valence-corrected chi connectivity index (χ3v) is 2.95. The zero-order chi connectivity index (χ0) is 8.81. The predicted octanol–water partition coefficient (Wildman–Crippen LogP) is 2.95. The van der Waals surface area contributed by atoms with Crippen LogP contribution in [0.5, 0.6) is 0 Å². The Kier molecular flexibility index (Phi) is 4.67. The summed E-state index contributed by atoms with van der Waals surface area (Å²) in [6.45, 7) is 5.87. The van der Waals surface area contributed by atoms with Crippen molar-refractivity contribution in [2.45, 2.75) is 58.4 Å². The minimum atomic E-state index is 0.895. The summed E-state index contributed by atoms with van der Waals surface area (Å²) in [7, 11) is 0. The summed E-state index contributed by atoms with van der Waals surface area (Å²) in [4.78, 5) is 0. The highest BCUT2D eigenvalue weighted by atomic mass is 14.9. The minimum Gasteiger partial charge on any atom is -0.314 e. The molecule has 0 saturated heterocycles. The van der Waals surface area contributed by atoms with Crippen molar-refractivity contribution in [3.05, 3.63) is 0 Å². The first-order chi connectivity index (χ1) is 5.86. The van der Waals surface area contributed by atoms with Crippen molar-refractivity contribution in [1.82, 2.24) is 5.32 Å². The van der Waals surface area contributed by atoms with Crippen LogP contribution in [0.15, 0.2) is 0 Å². The molecule has 1 rings (SSSR count). The molecule has 0 radical (unpaired) electrons. The summed E-state index contributed by atoms with van der Waals surface area (Å²) in [5.74, 6) is 0.978. The lowest BCUT2D eigenvalue weighted by Crippen LogP contribution is -2.18. The van der Waals surface area contributed by atoms with Gasteiger partial charge in [-0.2, -0.15) is 0 Å². The molecule has 1 saturated carbocycles. The fourth-order valence-corrected chi connectivity index (χ4v) is 1.68. The summed E-state index contributed by atoms with van der Waals surface area (Å²) >= 11 is 0. The molecule has 1 aliphatic carbocycles. The number of hydrogen-bond acceptors (Lipinski definition) is 1. The SMILES string of the molecule is CCC(CC)CCCNC1CC1. The second-order valence-electron chi connectivity index (χ2n) is 4.05. The van der Waals surface area contributed by atoms with Crippen molar-refractivity contribution in [1.29, 1.82) is 0 Å². The highest BCUT2D eigenvalue weighted by Crippen LogP contribution is 2.19. The molecule has 0 bridgehead atoms. The highest BCUT2D eigenvalue weighted by Gasteiger charge is 2.19. The van der Waals surface area contributed by atoms with E-state index in [1.165, 1.54) is 45.1 Å². The third kappa shape index (κ3) is 4.10. The van der Waals surface area contributed by atoms with Gasteiger partial charge in [-0.15, -0.1) is 0 Å². The van der Waals surface area contributed by atoms with Gasteiger partial charge in [-0.3, -0.25) is 0 Å². The maximum atomic E-state index is 3.56. The maximum Gasteiger partial charge on any atom is 0.00682 e. The van der Waals surface area contributed by atoms with Gasteiger partial charge in [-0.05, 0) is 38.1 Å². The number of rotatable bonds is 7. The fraction of sp³-hybridized carbons (Fsp3) is 1.00. The van der Waals surface area contributed by atoms with Gasteiger partial charge in [0.1, 0.15) is 0 Å². The minimum absolute atomic E-state index is 0.895. The molecule has 0 aromatic heterocycles. The second-order valence-corrected chi connectivity index (χ2v) is 4.05. The molecule has 0 spiro atoms. The first kappa shape index (κ1) is 10.0. The van der Waals surface area contributed by atoms with Crippen molar-refractivity contribution in [3.63, 3.8) is 0 Å². The van der Waals surface area contributed by atoms with Gasteiger partial charge >= 0.3 is 0 Å². The van der Waals surface area contributed by atoms with Crippen molar-refractivity contribution >= 4 is 0 Å². The van der Waals surface area contributed by atoms with E-state index in [2.05, 4.69) is 19.2 Å². The molecule has 0 aromatic carbocycles. The summed E-state index contributed by atoms with van der Waals surface area (Å²) in [5, 5.41) is 3.56. The van der Waals surface area contributed by atoms with Gasteiger partial charge in [-0.25, -0.2) is 0 Å². The van der Waals surface area contributed by atoms with Crippen LogP contribution in [0.2, 0.25) is 0 Å². The zero-order valence-corrected chi connectivity index (χ0v) is 8.60. The largest absolute Gasteiger partial charge is 0.314 e. The van der Waals surface area contributed by atoms with Crippen molar-refractivity contribution in [2.75, 3.05) is 6.54 Å². The van der Waals surface area contributed by atoms with Crippen LogP contribution in [0.4, 0.5) is 0 Å². The van der Waals surface area contributed by atoms with Crippen LogP contribution in [-0.2, 0) is 0 Å². The van der Waals surface area contributed by atoms with Crippen molar-refractivity contribution in [3.8, 4) is 0 Å². The Morgan fingerprint density at radius 3 is 2.42 bits per heavy atom. The van der Waals surface area contributed by atoms with Crippen LogP contribution in [-0.4, -0.2) is 12.6 Å². The van der Waals surface area contributed by atoms with Gasteiger partial charge in [0.25, 0.3) is 0 Å². The number of hydrogen-bond donors (Lipinski definition) is 1. The molecule has 12 heavy (non-hydrogen) atoms. The standard InChI is InChI=1S/C11H23N/c1-3-10(4-2)6-5-9-12-11-7-8-11/h10-12H,3-9H2,1-2H3. The first-order valence-corrected chi connectivity index (χ1v) is 5.60. The molecule has 72 valence electrons. The number of nitrogens with one attached hydrogen (secondary N) is 1. The molecule has 0 atom stereocenters. The third-order valence-electron chi connectivity index (χ3n) is 2.95. The van der Waals surface area contributed by atoms with Crippen molar-refractivity contribution < 1.29 is 0 Å². The zero-order valence-electron chi connectivity index (χ0n) is 8.60. The van der Waals surface area contributed by atoms with E-state index in [1.54, 1.807) is 0 Å². The van der Waals surface area contributed by atoms with E-state index in [1.807, 2.05) is 0 Å². The Morgan fingerprint density at radius 1 is 1.25 bits per heavy atom. The van der Waals surface area contributed by atoms with Gasteiger partial charge in [-0.1, -0.05) is 26.7 Å². The Hall–Kier alpha value is -0.0400. The molecule has 0 heterocycles. The molecule has 0 amide bonds. The van der Waals surface area contributed by atoms with Crippen LogP contribution in [0.25, 0.3) is 0 Å². The smallest absolute Gasteiger partial charge is 0.00682 e. The Balaban J connectivity index is 1.85. The molecule has 0 aromatic rings. The Morgan fingerprint density at radius 2 is 1.92 bits per heavy atom. The molecule has 0 aliphatic heterocycles. The molecule has 1 aliphatic rings. The van der Waals surface area contributed by atoms with E-state index >= 15 is 0 Å². The van der Waals surface area contributed by atoms with E-state index < -0.39 is 0 Å². The normalized spacial score (nSPS) is 17.2. The fourth-order valence-electron chi connectivity index (χ4n) is 1.68. The highest BCUT2D eigenvalue weighted by molar-refractivity contribution is 4.80. The van der Waals surface area contributed by atoms with Gasteiger partial charge in [0, 0.05) is 6.04 Å². The molecular weight excluding hydrogens is 146 g/mol. The summed E-state index contributed by atoms with van der Waals surface area (Å²) in [6, 6.07) is 0.895. The van der Waals surface area contributed by atoms with E-state index in [4.69, 9.17) is 0 Å². The molecule has 1 heteroatoms. The van der Waals surface area contributed by atoms with Crippen LogP contribution >= 0.6 is 0 Å². The Bertz CT molecular complexity index is 104. The topological polar surface area (TPSA) is 12.0 Å². The van der Waals surface area contributed by atoms with Gasteiger partial charge in [0.05, 0.1) is 0 Å². The van der Waals surface area contributed by atoms with Gasteiger partial charge < -0.3 is 5.32 Å². The van der Waals surface area contributed by atoms with Crippen LogP contribution in [0, 0.1) is 5.92 Å². The summed E-state index contributed by atoms with van der Waals surface area (Å²) in [5.41, 5.74) is 0. The van der Waals surface area contributed by atoms with E-state index in [0.29, 0.717) is 0 Å². The molecule has 0 unspecified atom stereocenters. The van der Waals surface area contributed by atoms with E-state index in [0.717, 1.165) is 12.0 Å². The quantitative estimate of drug-likeness (QED) is 0.578. The van der Waals surface area contributed by atoms with Crippen LogP contribution in [0.1, 0.15) is 52.4 Å². The molecular formula is C11H23N. The second kappa shape index (κ2) is 5.58. The average molecular weight is 169 g/mol. The first-order valence-electron chi connectivity index (χ1n) is 5.60. The van der Waals surface area contributed by atoms with Crippen LogP contribution < -0.4 is 5.32 Å². The summed E-state index contributed by atoms with van der Waals surface area (Å²) in [6.07, 6.45) is 8.37.